The lowest BCUT2D eigenvalue weighted by Gasteiger charge is -2.31. The third-order valence-corrected chi connectivity index (χ3v) is 4.45. The zero-order chi connectivity index (χ0) is 17.9. The zero-order valence-electron chi connectivity index (χ0n) is 15.2. The highest BCUT2D eigenvalue weighted by molar-refractivity contribution is 5.91. The van der Waals surface area contributed by atoms with Crippen molar-refractivity contribution in [1.29, 1.82) is 0 Å². The van der Waals surface area contributed by atoms with Gasteiger partial charge in [-0.1, -0.05) is 6.07 Å². The summed E-state index contributed by atoms with van der Waals surface area (Å²) in [5.74, 6) is 0. The molecule has 0 bridgehead atoms. The van der Waals surface area contributed by atoms with Crippen LogP contribution in [-0.4, -0.2) is 28.8 Å². The number of benzene rings is 1. The molecule has 1 aromatic heterocycles. The van der Waals surface area contributed by atoms with Crippen molar-refractivity contribution in [2.24, 2.45) is 0 Å². The predicted octanol–water partition coefficient (Wildman–Crippen LogP) is 4.48. The third-order valence-electron chi connectivity index (χ3n) is 4.45. The van der Waals surface area contributed by atoms with E-state index in [4.69, 9.17) is 4.74 Å². The molecule has 1 amide bonds. The van der Waals surface area contributed by atoms with E-state index in [0.29, 0.717) is 6.04 Å². The Kier molecular flexibility index (Phi) is 5.11. The first-order valence-corrected chi connectivity index (χ1v) is 9.00. The van der Waals surface area contributed by atoms with Gasteiger partial charge in [0.15, 0.2) is 0 Å². The van der Waals surface area contributed by atoms with Crippen LogP contribution in [0.3, 0.4) is 0 Å². The Morgan fingerprint density at radius 1 is 1.08 bits per heavy atom. The maximum absolute atomic E-state index is 11.9. The lowest BCUT2D eigenvalue weighted by atomic mass is 9.91. The van der Waals surface area contributed by atoms with Crippen molar-refractivity contribution in [3.63, 3.8) is 0 Å². The van der Waals surface area contributed by atoms with Gasteiger partial charge in [0.05, 0.1) is 5.52 Å². The number of aromatic nitrogens is 1. The van der Waals surface area contributed by atoms with E-state index in [9.17, 15) is 4.79 Å². The molecular weight excluding hydrogens is 314 g/mol. The Hall–Kier alpha value is -2.30. The van der Waals surface area contributed by atoms with Crippen LogP contribution in [0.25, 0.3) is 10.9 Å². The van der Waals surface area contributed by atoms with Gasteiger partial charge in [0.25, 0.3) is 0 Å². The molecule has 0 aliphatic heterocycles. The van der Waals surface area contributed by atoms with E-state index in [-0.39, 0.29) is 12.1 Å². The molecular formula is C20H27N3O2. The van der Waals surface area contributed by atoms with Crippen LogP contribution in [0, 0.1) is 0 Å². The van der Waals surface area contributed by atoms with Gasteiger partial charge in [-0.25, -0.2) is 4.79 Å². The van der Waals surface area contributed by atoms with Crippen molar-refractivity contribution in [1.82, 2.24) is 10.3 Å². The number of nitrogens with zero attached hydrogens (tertiary/aromatic N) is 1. The van der Waals surface area contributed by atoms with Crippen molar-refractivity contribution in [2.75, 3.05) is 5.32 Å². The van der Waals surface area contributed by atoms with Crippen molar-refractivity contribution in [3.8, 4) is 0 Å². The number of hydrogen-bond donors (Lipinski definition) is 2. The molecule has 1 aliphatic rings. The second kappa shape index (κ2) is 7.30. The van der Waals surface area contributed by atoms with E-state index in [1.165, 1.54) is 0 Å². The Morgan fingerprint density at radius 2 is 1.80 bits per heavy atom. The molecule has 0 atom stereocenters. The number of nitrogens with one attached hydrogen (secondary N) is 2. The Labute approximate surface area is 149 Å². The van der Waals surface area contributed by atoms with E-state index >= 15 is 0 Å². The second-order valence-corrected chi connectivity index (χ2v) is 7.71. The van der Waals surface area contributed by atoms with Gasteiger partial charge in [-0.15, -0.1) is 0 Å². The number of anilines is 1. The smallest absolute Gasteiger partial charge is 0.407 e. The Bertz CT molecular complexity index is 726. The normalized spacial score (nSPS) is 20.9. The SMILES string of the molecule is CC(C)(C)OC(=O)NC1CCC(Nc2cccc3ncccc23)CC1. The number of ether oxygens (including phenoxy) is 1. The summed E-state index contributed by atoms with van der Waals surface area (Å²) in [6, 6.07) is 10.9. The molecule has 5 nitrogen and oxygen atoms in total. The van der Waals surface area contributed by atoms with Crippen molar-refractivity contribution in [3.05, 3.63) is 36.5 Å². The molecule has 25 heavy (non-hydrogen) atoms. The van der Waals surface area contributed by atoms with Gasteiger partial charge in [0, 0.05) is 29.4 Å². The number of amides is 1. The molecule has 0 radical (unpaired) electrons. The van der Waals surface area contributed by atoms with E-state index in [1.54, 1.807) is 0 Å². The molecule has 1 fully saturated rings. The third kappa shape index (κ3) is 4.84. The standard InChI is InChI=1S/C20H27N3O2/c1-20(2,3)25-19(24)23-15-11-9-14(10-12-15)22-18-8-4-7-17-16(18)6-5-13-21-17/h4-8,13-15,22H,9-12H2,1-3H3,(H,23,24). The largest absolute Gasteiger partial charge is 0.444 e. The molecule has 2 N–H and O–H groups in total. The summed E-state index contributed by atoms with van der Waals surface area (Å²) >= 11 is 0. The molecule has 134 valence electrons. The first-order chi connectivity index (χ1) is 11.9. The van der Waals surface area contributed by atoms with Gasteiger partial charge >= 0.3 is 6.09 Å². The molecule has 0 saturated heterocycles. The fourth-order valence-corrected chi connectivity index (χ4v) is 3.31. The summed E-state index contributed by atoms with van der Waals surface area (Å²) in [6.45, 7) is 5.64. The maximum Gasteiger partial charge on any atom is 0.407 e. The second-order valence-electron chi connectivity index (χ2n) is 7.71. The highest BCUT2D eigenvalue weighted by Gasteiger charge is 2.24. The number of hydrogen-bond acceptors (Lipinski definition) is 4. The number of pyridine rings is 1. The molecule has 0 unspecified atom stereocenters. The van der Waals surface area contributed by atoms with E-state index in [2.05, 4.69) is 27.8 Å². The number of rotatable bonds is 3. The fraction of sp³-hybridized carbons (Fsp3) is 0.500. The van der Waals surface area contributed by atoms with Gasteiger partial charge in [0.2, 0.25) is 0 Å². The molecule has 1 heterocycles. The average Bonchev–Trinajstić information content (AvgIpc) is 2.55. The van der Waals surface area contributed by atoms with Gasteiger partial charge in [-0.2, -0.15) is 0 Å². The summed E-state index contributed by atoms with van der Waals surface area (Å²) in [4.78, 5) is 16.3. The predicted molar refractivity (Wildman–Crippen MR) is 101 cm³/mol. The summed E-state index contributed by atoms with van der Waals surface area (Å²) in [5.41, 5.74) is 1.69. The molecule has 0 spiro atoms. The molecule has 1 aromatic carbocycles. The zero-order valence-corrected chi connectivity index (χ0v) is 15.2. The highest BCUT2D eigenvalue weighted by atomic mass is 16.6. The van der Waals surface area contributed by atoms with Crippen LogP contribution in [-0.2, 0) is 4.74 Å². The average molecular weight is 341 g/mol. The van der Waals surface area contributed by atoms with Gasteiger partial charge in [-0.05, 0) is 70.7 Å². The summed E-state index contributed by atoms with van der Waals surface area (Å²) in [7, 11) is 0. The quantitative estimate of drug-likeness (QED) is 0.864. The Balaban J connectivity index is 1.53. The van der Waals surface area contributed by atoms with Crippen molar-refractivity contribution < 1.29 is 9.53 Å². The maximum atomic E-state index is 11.9. The topological polar surface area (TPSA) is 63.2 Å². The van der Waals surface area contributed by atoms with Crippen LogP contribution in [0.1, 0.15) is 46.5 Å². The van der Waals surface area contributed by atoms with Crippen molar-refractivity contribution in [2.45, 2.75) is 64.1 Å². The molecule has 5 heteroatoms. The van der Waals surface area contributed by atoms with Crippen LogP contribution in [0.5, 0.6) is 0 Å². The van der Waals surface area contributed by atoms with Crippen LogP contribution in [0.4, 0.5) is 10.5 Å². The Morgan fingerprint density at radius 3 is 2.52 bits per heavy atom. The number of fused-ring (bicyclic) bond motifs is 1. The van der Waals surface area contributed by atoms with E-state index < -0.39 is 5.60 Å². The minimum absolute atomic E-state index is 0.196. The summed E-state index contributed by atoms with van der Waals surface area (Å²) in [5, 5.41) is 7.79. The summed E-state index contributed by atoms with van der Waals surface area (Å²) in [6.07, 6.45) is 5.47. The summed E-state index contributed by atoms with van der Waals surface area (Å²) < 4.78 is 5.34. The van der Waals surface area contributed by atoms with Gasteiger partial charge in [0.1, 0.15) is 5.60 Å². The monoisotopic (exact) mass is 341 g/mol. The first-order valence-electron chi connectivity index (χ1n) is 9.00. The molecule has 2 aromatic rings. The number of carbonyl (C=O) groups excluding carboxylic acids is 1. The first kappa shape index (κ1) is 17.5. The van der Waals surface area contributed by atoms with Crippen molar-refractivity contribution >= 4 is 22.7 Å². The molecule has 3 rings (SSSR count). The van der Waals surface area contributed by atoms with Gasteiger partial charge in [-0.3, -0.25) is 4.98 Å². The minimum Gasteiger partial charge on any atom is -0.444 e. The number of alkyl carbamates (subject to hydrolysis) is 1. The van der Waals surface area contributed by atoms with Crippen LogP contribution < -0.4 is 10.6 Å². The lowest BCUT2D eigenvalue weighted by Crippen LogP contribution is -2.42. The van der Waals surface area contributed by atoms with Crippen LogP contribution in [0.2, 0.25) is 0 Å². The lowest BCUT2D eigenvalue weighted by molar-refractivity contribution is 0.0492. The molecule has 1 aliphatic carbocycles. The minimum atomic E-state index is -0.453. The van der Waals surface area contributed by atoms with Crippen LogP contribution >= 0.6 is 0 Å². The molecule has 1 saturated carbocycles. The van der Waals surface area contributed by atoms with Gasteiger partial charge < -0.3 is 15.4 Å². The number of carbonyl (C=O) groups is 1. The van der Waals surface area contributed by atoms with E-state index in [0.717, 1.165) is 42.3 Å². The van der Waals surface area contributed by atoms with Crippen LogP contribution in [0.15, 0.2) is 36.5 Å². The fourth-order valence-electron chi connectivity index (χ4n) is 3.31. The van der Waals surface area contributed by atoms with E-state index in [1.807, 2.05) is 45.2 Å². The highest BCUT2D eigenvalue weighted by Crippen LogP contribution is 2.27.